The van der Waals surface area contributed by atoms with Crippen LogP contribution < -0.4 is 10.1 Å². The first-order valence-electron chi connectivity index (χ1n) is 6.90. The van der Waals surface area contributed by atoms with Crippen LogP contribution in [0.25, 0.3) is 0 Å². The third kappa shape index (κ3) is 3.96. The van der Waals surface area contributed by atoms with Crippen LogP contribution in [0.1, 0.15) is 24.8 Å². The van der Waals surface area contributed by atoms with Gasteiger partial charge in [0.1, 0.15) is 5.75 Å². The minimum absolute atomic E-state index is 0.173. The van der Waals surface area contributed by atoms with Crippen LogP contribution in [-0.2, 0) is 11.3 Å². The molecule has 0 saturated carbocycles. The van der Waals surface area contributed by atoms with Crippen molar-refractivity contribution >= 4 is 21.8 Å². The normalized spacial score (nSPS) is 18.1. The number of methoxy groups -OCH3 is 1. The highest BCUT2D eigenvalue weighted by atomic mass is 79.9. The van der Waals surface area contributed by atoms with E-state index in [1.165, 1.54) is 6.42 Å². The van der Waals surface area contributed by atoms with Crippen molar-refractivity contribution in [2.45, 2.75) is 31.8 Å². The van der Waals surface area contributed by atoms with Gasteiger partial charge in [-0.05, 0) is 37.6 Å². The molecular weight excluding hydrogens is 320 g/mol. The lowest BCUT2D eigenvalue weighted by atomic mass is 10.1. The van der Waals surface area contributed by atoms with Crippen molar-refractivity contribution in [2.75, 3.05) is 20.7 Å². The monoisotopic (exact) mass is 340 g/mol. The van der Waals surface area contributed by atoms with Crippen molar-refractivity contribution in [3.8, 4) is 5.75 Å². The molecule has 1 fully saturated rings. The van der Waals surface area contributed by atoms with Crippen molar-refractivity contribution in [1.29, 1.82) is 0 Å². The molecular formula is C15H21BrN2O2. The summed E-state index contributed by atoms with van der Waals surface area (Å²) in [6, 6.07) is 6.19. The van der Waals surface area contributed by atoms with Crippen LogP contribution in [0.5, 0.6) is 5.75 Å². The molecule has 1 atom stereocenters. The average molecular weight is 341 g/mol. The number of halogens is 1. The standard InChI is InChI=1S/C15H21BrN2O2/c1-18(15(19)9-13-4-3-7-17-13)10-11-8-12(16)5-6-14(11)20-2/h5-6,8,13,17H,3-4,7,9-10H2,1-2H3. The van der Waals surface area contributed by atoms with Gasteiger partial charge in [0.25, 0.3) is 0 Å². The van der Waals surface area contributed by atoms with Crippen LogP contribution in [0.4, 0.5) is 0 Å². The molecule has 1 aliphatic rings. The van der Waals surface area contributed by atoms with E-state index in [0.717, 1.165) is 28.8 Å². The lowest BCUT2D eigenvalue weighted by Crippen LogP contribution is -2.33. The topological polar surface area (TPSA) is 41.6 Å². The number of nitrogens with one attached hydrogen (secondary N) is 1. The second-order valence-electron chi connectivity index (χ2n) is 5.20. The lowest BCUT2D eigenvalue weighted by molar-refractivity contribution is -0.130. The number of ether oxygens (including phenoxy) is 1. The van der Waals surface area contributed by atoms with Gasteiger partial charge in [0, 0.05) is 36.1 Å². The first kappa shape index (κ1) is 15.3. The molecule has 0 spiro atoms. The van der Waals surface area contributed by atoms with Gasteiger partial charge in [-0.15, -0.1) is 0 Å². The quantitative estimate of drug-likeness (QED) is 0.895. The Balaban J connectivity index is 1.97. The van der Waals surface area contributed by atoms with E-state index in [2.05, 4.69) is 21.2 Å². The number of hydrogen-bond acceptors (Lipinski definition) is 3. The maximum absolute atomic E-state index is 12.2. The van der Waals surface area contributed by atoms with Gasteiger partial charge in [-0.2, -0.15) is 0 Å². The Labute approximate surface area is 128 Å². The SMILES string of the molecule is COc1ccc(Br)cc1CN(C)C(=O)CC1CCCN1. The molecule has 20 heavy (non-hydrogen) atoms. The van der Waals surface area contributed by atoms with E-state index >= 15 is 0 Å². The van der Waals surface area contributed by atoms with Crippen molar-refractivity contribution in [1.82, 2.24) is 10.2 Å². The van der Waals surface area contributed by atoms with Gasteiger partial charge in [0.05, 0.1) is 7.11 Å². The fraction of sp³-hybridized carbons (Fsp3) is 0.533. The molecule has 1 saturated heterocycles. The first-order chi connectivity index (χ1) is 9.60. The maximum atomic E-state index is 12.2. The summed E-state index contributed by atoms with van der Waals surface area (Å²) in [7, 11) is 3.49. The minimum Gasteiger partial charge on any atom is -0.496 e. The maximum Gasteiger partial charge on any atom is 0.224 e. The number of hydrogen-bond donors (Lipinski definition) is 1. The molecule has 4 nitrogen and oxygen atoms in total. The molecule has 0 aromatic heterocycles. The summed E-state index contributed by atoms with van der Waals surface area (Å²) >= 11 is 3.45. The van der Waals surface area contributed by atoms with E-state index in [-0.39, 0.29) is 5.91 Å². The van der Waals surface area contributed by atoms with Gasteiger partial charge in [0.2, 0.25) is 5.91 Å². The highest BCUT2D eigenvalue weighted by Gasteiger charge is 2.20. The zero-order valence-electron chi connectivity index (χ0n) is 12.0. The van der Waals surface area contributed by atoms with E-state index < -0.39 is 0 Å². The number of nitrogens with zero attached hydrogens (tertiary/aromatic N) is 1. The molecule has 0 radical (unpaired) electrons. The summed E-state index contributed by atoms with van der Waals surface area (Å²) < 4.78 is 6.34. The minimum atomic E-state index is 0.173. The second kappa shape index (κ2) is 7.09. The van der Waals surface area contributed by atoms with Gasteiger partial charge in [-0.3, -0.25) is 4.79 Å². The molecule has 0 bridgehead atoms. The lowest BCUT2D eigenvalue weighted by Gasteiger charge is -2.21. The summed E-state index contributed by atoms with van der Waals surface area (Å²) in [6.07, 6.45) is 2.84. The van der Waals surface area contributed by atoms with Crippen LogP contribution in [0.15, 0.2) is 22.7 Å². The van der Waals surface area contributed by atoms with E-state index in [9.17, 15) is 4.79 Å². The van der Waals surface area contributed by atoms with E-state index in [1.807, 2.05) is 25.2 Å². The molecule has 2 rings (SSSR count). The molecule has 1 aliphatic heterocycles. The average Bonchev–Trinajstić information content (AvgIpc) is 2.91. The predicted octanol–water partition coefficient (Wildman–Crippen LogP) is 2.56. The van der Waals surface area contributed by atoms with E-state index in [4.69, 9.17) is 4.74 Å². The molecule has 110 valence electrons. The molecule has 1 unspecified atom stereocenters. The Hall–Kier alpha value is -1.07. The Morgan fingerprint density at radius 2 is 2.35 bits per heavy atom. The number of amides is 1. The fourth-order valence-electron chi connectivity index (χ4n) is 2.51. The van der Waals surface area contributed by atoms with Crippen LogP contribution in [-0.4, -0.2) is 37.6 Å². The van der Waals surface area contributed by atoms with Crippen molar-refractivity contribution in [2.24, 2.45) is 0 Å². The fourth-order valence-corrected chi connectivity index (χ4v) is 2.92. The van der Waals surface area contributed by atoms with Crippen molar-refractivity contribution in [3.05, 3.63) is 28.2 Å². The van der Waals surface area contributed by atoms with Crippen LogP contribution in [0.3, 0.4) is 0 Å². The van der Waals surface area contributed by atoms with E-state index in [1.54, 1.807) is 12.0 Å². The highest BCUT2D eigenvalue weighted by molar-refractivity contribution is 9.10. The molecule has 1 amide bonds. The molecule has 5 heteroatoms. The molecule has 1 aromatic rings. The Morgan fingerprint density at radius 3 is 3.00 bits per heavy atom. The van der Waals surface area contributed by atoms with Gasteiger partial charge >= 0.3 is 0 Å². The van der Waals surface area contributed by atoms with Gasteiger partial charge in [-0.25, -0.2) is 0 Å². The van der Waals surface area contributed by atoms with Crippen molar-refractivity contribution in [3.63, 3.8) is 0 Å². The number of carbonyl (C=O) groups excluding carboxylic acids is 1. The molecule has 0 aliphatic carbocycles. The third-order valence-electron chi connectivity index (χ3n) is 3.66. The predicted molar refractivity (Wildman–Crippen MR) is 82.8 cm³/mol. The summed E-state index contributed by atoms with van der Waals surface area (Å²) in [4.78, 5) is 14.0. The van der Waals surface area contributed by atoms with Gasteiger partial charge in [-0.1, -0.05) is 15.9 Å². The van der Waals surface area contributed by atoms with Crippen LogP contribution in [0.2, 0.25) is 0 Å². The molecule has 1 N–H and O–H groups in total. The molecule has 1 heterocycles. The number of rotatable bonds is 5. The largest absolute Gasteiger partial charge is 0.496 e. The zero-order chi connectivity index (χ0) is 14.5. The highest BCUT2D eigenvalue weighted by Crippen LogP contribution is 2.24. The Bertz CT molecular complexity index is 473. The summed E-state index contributed by atoms with van der Waals surface area (Å²) in [5, 5.41) is 3.36. The summed E-state index contributed by atoms with van der Waals surface area (Å²) in [5.41, 5.74) is 1.01. The van der Waals surface area contributed by atoms with Crippen LogP contribution in [0, 0.1) is 0 Å². The van der Waals surface area contributed by atoms with Gasteiger partial charge < -0.3 is 15.0 Å². The Kier molecular flexibility index (Phi) is 5.43. The zero-order valence-corrected chi connectivity index (χ0v) is 13.6. The first-order valence-corrected chi connectivity index (χ1v) is 7.69. The van der Waals surface area contributed by atoms with Crippen molar-refractivity contribution < 1.29 is 9.53 Å². The van der Waals surface area contributed by atoms with E-state index in [0.29, 0.717) is 19.0 Å². The summed E-state index contributed by atoms with van der Waals surface area (Å²) in [6.45, 7) is 1.59. The third-order valence-corrected chi connectivity index (χ3v) is 4.15. The number of benzene rings is 1. The number of carbonyl (C=O) groups is 1. The Morgan fingerprint density at radius 1 is 1.55 bits per heavy atom. The van der Waals surface area contributed by atoms with Crippen LogP contribution >= 0.6 is 15.9 Å². The van der Waals surface area contributed by atoms with Gasteiger partial charge in [0.15, 0.2) is 0 Å². The summed E-state index contributed by atoms with van der Waals surface area (Å²) in [5.74, 6) is 0.985. The smallest absolute Gasteiger partial charge is 0.224 e. The molecule has 1 aromatic carbocycles. The second-order valence-corrected chi connectivity index (χ2v) is 6.12.